The van der Waals surface area contributed by atoms with Crippen molar-refractivity contribution in [2.24, 2.45) is 5.92 Å². The molecular formula is C13H21F3N4S. The van der Waals surface area contributed by atoms with Gasteiger partial charge >= 0.3 is 6.18 Å². The third-order valence-electron chi connectivity index (χ3n) is 3.41. The van der Waals surface area contributed by atoms with Gasteiger partial charge in [-0.05, 0) is 18.9 Å². The molecule has 1 N–H and O–H groups in total. The molecule has 2 heterocycles. The van der Waals surface area contributed by atoms with Crippen LogP contribution in [-0.2, 0) is 5.41 Å². The number of nitrogens with one attached hydrogen (secondary N) is 1. The normalized spacial score (nSPS) is 21.0. The summed E-state index contributed by atoms with van der Waals surface area (Å²) in [5, 5.41) is 3.94. The van der Waals surface area contributed by atoms with Gasteiger partial charge in [0.1, 0.15) is 5.82 Å². The van der Waals surface area contributed by atoms with E-state index in [2.05, 4.69) is 14.7 Å². The minimum atomic E-state index is -4.11. The maximum absolute atomic E-state index is 12.3. The number of hydrogen-bond acceptors (Lipinski definition) is 5. The van der Waals surface area contributed by atoms with Gasteiger partial charge in [0.05, 0.1) is 6.54 Å². The van der Waals surface area contributed by atoms with Crippen molar-refractivity contribution in [1.29, 1.82) is 0 Å². The Labute approximate surface area is 126 Å². The molecular weight excluding hydrogens is 301 g/mol. The second-order valence-corrected chi connectivity index (χ2v) is 7.31. The molecule has 21 heavy (non-hydrogen) atoms. The lowest BCUT2D eigenvalue weighted by molar-refractivity contribution is -0.143. The average Bonchev–Trinajstić information content (AvgIpc) is 2.91. The lowest BCUT2D eigenvalue weighted by atomic mass is 9.96. The van der Waals surface area contributed by atoms with Gasteiger partial charge in [0.15, 0.2) is 0 Å². The quantitative estimate of drug-likeness (QED) is 0.925. The monoisotopic (exact) mass is 322 g/mol. The van der Waals surface area contributed by atoms with Gasteiger partial charge in [-0.25, -0.2) is 4.98 Å². The van der Waals surface area contributed by atoms with E-state index in [4.69, 9.17) is 0 Å². The second kappa shape index (κ2) is 6.08. The molecule has 1 aromatic rings. The predicted octanol–water partition coefficient (Wildman–Crippen LogP) is 3.13. The summed E-state index contributed by atoms with van der Waals surface area (Å²) in [7, 11) is 0. The van der Waals surface area contributed by atoms with Gasteiger partial charge in [0.25, 0.3) is 0 Å². The van der Waals surface area contributed by atoms with Crippen LogP contribution in [0.15, 0.2) is 0 Å². The molecule has 0 bridgehead atoms. The summed E-state index contributed by atoms with van der Waals surface area (Å²) >= 11 is 1.30. The zero-order chi connectivity index (χ0) is 15.7. The van der Waals surface area contributed by atoms with Crippen LogP contribution in [-0.4, -0.2) is 46.6 Å². The van der Waals surface area contributed by atoms with Gasteiger partial charge in [-0.2, -0.15) is 17.5 Å². The summed E-state index contributed by atoms with van der Waals surface area (Å²) in [6.45, 7) is 6.97. The summed E-state index contributed by atoms with van der Waals surface area (Å²) in [6, 6.07) is 0. The van der Waals surface area contributed by atoms with E-state index in [0.717, 1.165) is 17.4 Å². The molecule has 1 fully saturated rings. The standard InChI is InChI=1S/C13H21F3N4S/c1-12(2,3)10-18-11(21-19-10)17-6-9-4-5-20(7-9)8-13(14,15)16/h9H,4-8H2,1-3H3,(H,17,18,19)/t9-/m0/s1. The zero-order valence-electron chi connectivity index (χ0n) is 12.5. The zero-order valence-corrected chi connectivity index (χ0v) is 13.3. The van der Waals surface area contributed by atoms with Gasteiger partial charge < -0.3 is 5.32 Å². The summed E-state index contributed by atoms with van der Waals surface area (Å²) in [5.41, 5.74) is -0.0900. The molecule has 0 aliphatic carbocycles. The predicted molar refractivity (Wildman–Crippen MR) is 77.7 cm³/mol. The van der Waals surface area contributed by atoms with E-state index in [9.17, 15) is 13.2 Å². The Morgan fingerprint density at radius 3 is 2.62 bits per heavy atom. The second-order valence-electron chi connectivity index (χ2n) is 6.56. The van der Waals surface area contributed by atoms with E-state index in [0.29, 0.717) is 19.6 Å². The van der Waals surface area contributed by atoms with Crippen LogP contribution in [0.5, 0.6) is 0 Å². The lowest BCUT2D eigenvalue weighted by Crippen LogP contribution is -2.33. The molecule has 0 unspecified atom stereocenters. The topological polar surface area (TPSA) is 41.1 Å². The van der Waals surface area contributed by atoms with Gasteiger partial charge in [-0.15, -0.1) is 0 Å². The fourth-order valence-electron chi connectivity index (χ4n) is 2.31. The van der Waals surface area contributed by atoms with Crippen LogP contribution in [0.2, 0.25) is 0 Å². The van der Waals surface area contributed by atoms with Crippen LogP contribution in [0.25, 0.3) is 0 Å². The van der Waals surface area contributed by atoms with Crippen molar-refractivity contribution in [1.82, 2.24) is 14.3 Å². The minimum absolute atomic E-state index is 0.0900. The van der Waals surface area contributed by atoms with Gasteiger partial charge in [0.2, 0.25) is 5.13 Å². The smallest absolute Gasteiger partial charge is 0.360 e. The maximum atomic E-state index is 12.3. The van der Waals surface area contributed by atoms with E-state index in [-0.39, 0.29) is 11.3 Å². The first-order chi connectivity index (χ1) is 9.63. The SMILES string of the molecule is CC(C)(C)c1nsc(NC[C@@H]2CCN(CC(F)(F)F)C2)n1. The van der Waals surface area contributed by atoms with Crippen LogP contribution < -0.4 is 5.32 Å². The summed E-state index contributed by atoms with van der Waals surface area (Å²) in [5.74, 6) is 1.02. The van der Waals surface area contributed by atoms with E-state index < -0.39 is 12.7 Å². The van der Waals surface area contributed by atoms with Crippen molar-refractivity contribution < 1.29 is 13.2 Å². The van der Waals surface area contributed by atoms with E-state index in [1.807, 2.05) is 20.8 Å². The van der Waals surface area contributed by atoms with Crippen LogP contribution in [0, 0.1) is 5.92 Å². The fraction of sp³-hybridized carbons (Fsp3) is 0.846. The van der Waals surface area contributed by atoms with Crippen LogP contribution in [0.4, 0.5) is 18.3 Å². The molecule has 0 saturated carbocycles. The first-order valence-corrected chi connectivity index (χ1v) is 7.78. The highest BCUT2D eigenvalue weighted by Gasteiger charge is 2.34. The molecule has 120 valence electrons. The number of anilines is 1. The average molecular weight is 322 g/mol. The van der Waals surface area contributed by atoms with E-state index in [1.54, 1.807) is 0 Å². The van der Waals surface area contributed by atoms with Crippen molar-refractivity contribution in [3.63, 3.8) is 0 Å². The fourth-order valence-corrected chi connectivity index (χ4v) is 3.07. The molecule has 0 aromatic carbocycles. The third kappa shape index (κ3) is 5.10. The first-order valence-electron chi connectivity index (χ1n) is 7.01. The molecule has 0 spiro atoms. The van der Waals surface area contributed by atoms with Crippen LogP contribution >= 0.6 is 11.5 Å². The van der Waals surface area contributed by atoms with Crippen molar-refractivity contribution in [2.75, 3.05) is 31.5 Å². The molecule has 1 aliphatic heterocycles. The number of halogens is 3. The minimum Gasteiger partial charge on any atom is -0.360 e. The largest absolute Gasteiger partial charge is 0.401 e. The molecule has 0 amide bonds. The number of aromatic nitrogens is 2. The lowest BCUT2D eigenvalue weighted by Gasteiger charge is -2.17. The molecule has 1 saturated heterocycles. The number of nitrogens with zero attached hydrogens (tertiary/aromatic N) is 3. The molecule has 0 radical (unpaired) electrons. The van der Waals surface area contributed by atoms with Gasteiger partial charge in [0, 0.05) is 30.0 Å². The summed E-state index contributed by atoms with van der Waals surface area (Å²) in [6.07, 6.45) is -3.32. The Bertz CT molecular complexity index is 467. The van der Waals surface area contributed by atoms with Crippen molar-refractivity contribution in [3.05, 3.63) is 5.82 Å². The Hall–Kier alpha value is -0.890. The van der Waals surface area contributed by atoms with Crippen LogP contribution in [0.1, 0.15) is 33.0 Å². The van der Waals surface area contributed by atoms with Crippen molar-refractivity contribution in [2.45, 2.75) is 38.8 Å². The maximum Gasteiger partial charge on any atom is 0.401 e. The van der Waals surface area contributed by atoms with Crippen molar-refractivity contribution in [3.8, 4) is 0 Å². The molecule has 1 aliphatic rings. The Kier molecular flexibility index (Phi) is 4.77. The Balaban J connectivity index is 1.78. The van der Waals surface area contributed by atoms with E-state index in [1.165, 1.54) is 16.4 Å². The molecule has 1 atom stereocenters. The number of alkyl halides is 3. The summed E-state index contributed by atoms with van der Waals surface area (Å²) in [4.78, 5) is 5.89. The Morgan fingerprint density at radius 2 is 2.05 bits per heavy atom. The highest BCUT2D eigenvalue weighted by atomic mass is 32.1. The molecule has 8 heteroatoms. The number of hydrogen-bond donors (Lipinski definition) is 1. The van der Waals surface area contributed by atoms with E-state index >= 15 is 0 Å². The van der Waals surface area contributed by atoms with Crippen molar-refractivity contribution >= 4 is 16.7 Å². The highest BCUT2D eigenvalue weighted by Crippen LogP contribution is 2.25. The Morgan fingerprint density at radius 1 is 1.33 bits per heavy atom. The molecule has 2 rings (SSSR count). The molecule has 1 aromatic heterocycles. The van der Waals surface area contributed by atoms with Gasteiger partial charge in [-0.3, -0.25) is 4.90 Å². The summed E-state index contributed by atoms with van der Waals surface area (Å²) < 4.78 is 41.3. The first kappa shape index (κ1) is 16.5. The molecule has 4 nitrogen and oxygen atoms in total. The number of rotatable bonds is 4. The number of likely N-dealkylation sites (tertiary alicyclic amines) is 1. The van der Waals surface area contributed by atoms with Crippen LogP contribution in [0.3, 0.4) is 0 Å². The van der Waals surface area contributed by atoms with Gasteiger partial charge in [-0.1, -0.05) is 20.8 Å². The highest BCUT2D eigenvalue weighted by molar-refractivity contribution is 7.09. The third-order valence-corrected chi connectivity index (χ3v) is 4.08.